The zero-order valence-corrected chi connectivity index (χ0v) is 20.5. The molecule has 1 heterocycles. The normalized spacial score (nSPS) is 19.0. The van der Waals surface area contributed by atoms with Gasteiger partial charge in [0.05, 0.1) is 24.4 Å². The summed E-state index contributed by atoms with van der Waals surface area (Å²) in [4.78, 5) is 14.8. The number of ether oxygens (including phenoxy) is 2. The van der Waals surface area contributed by atoms with Crippen molar-refractivity contribution in [3.05, 3.63) is 64.5 Å². The number of benzene rings is 2. The highest BCUT2D eigenvalue weighted by Gasteiger charge is 2.45. The Hall–Kier alpha value is -2.71. The standard InChI is InChI=1S/C26H30FNO5S/c1-4-28(5-2)12-6-7-17-13-20(27)9-11-23(17)34(30,31)16-18-8-10-21-22-14-19(22)15-33-25(21)24(18)26(29)32-3/h6-11,13,19,22H,4-5,12,14-16H2,1-3H3. The maximum Gasteiger partial charge on any atom is 0.341 e. The largest absolute Gasteiger partial charge is 0.492 e. The first kappa shape index (κ1) is 24.4. The van der Waals surface area contributed by atoms with E-state index in [1.165, 1.54) is 19.2 Å². The molecule has 6 nitrogen and oxygen atoms in total. The van der Waals surface area contributed by atoms with Gasteiger partial charge in [0, 0.05) is 12.5 Å². The highest BCUT2D eigenvalue weighted by molar-refractivity contribution is 7.90. The summed E-state index contributed by atoms with van der Waals surface area (Å²) in [5.41, 5.74) is 1.68. The molecular formula is C26H30FNO5S. The summed E-state index contributed by atoms with van der Waals surface area (Å²) in [5, 5.41) is 0. The molecule has 2 aromatic carbocycles. The Morgan fingerprint density at radius 3 is 2.71 bits per heavy atom. The van der Waals surface area contributed by atoms with Gasteiger partial charge >= 0.3 is 5.97 Å². The van der Waals surface area contributed by atoms with Crippen molar-refractivity contribution >= 4 is 21.9 Å². The van der Waals surface area contributed by atoms with Gasteiger partial charge in [-0.05, 0) is 60.3 Å². The minimum Gasteiger partial charge on any atom is -0.492 e. The number of carbonyl (C=O) groups excluding carboxylic acids is 1. The van der Waals surface area contributed by atoms with E-state index in [1.807, 2.05) is 26.0 Å². The van der Waals surface area contributed by atoms with Gasteiger partial charge in [-0.3, -0.25) is 0 Å². The van der Waals surface area contributed by atoms with E-state index in [4.69, 9.17) is 9.47 Å². The average molecular weight is 488 g/mol. The van der Waals surface area contributed by atoms with E-state index in [1.54, 1.807) is 12.1 Å². The van der Waals surface area contributed by atoms with Crippen molar-refractivity contribution in [2.24, 2.45) is 5.92 Å². The molecule has 0 radical (unpaired) electrons. The van der Waals surface area contributed by atoms with Crippen LogP contribution >= 0.6 is 0 Å². The van der Waals surface area contributed by atoms with Crippen molar-refractivity contribution < 1.29 is 27.1 Å². The van der Waals surface area contributed by atoms with Crippen molar-refractivity contribution in [3.8, 4) is 5.75 Å². The number of fused-ring (bicyclic) bond motifs is 3. The maximum absolute atomic E-state index is 14.0. The highest BCUT2D eigenvalue weighted by atomic mass is 32.2. The second-order valence-electron chi connectivity index (χ2n) is 8.75. The van der Waals surface area contributed by atoms with Crippen LogP contribution in [0.3, 0.4) is 0 Å². The molecule has 1 saturated carbocycles. The van der Waals surface area contributed by atoms with Crippen LogP contribution in [-0.2, 0) is 20.3 Å². The lowest BCUT2D eigenvalue weighted by Gasteiger charge is -2.21. The molecule has 0 amide bonds. The molecule has 182 valence electrons. The number of carbonyl (C=O) groups is 1. The molecule has 1 aliphatic carbocycles. The van der Waals surface area contributed by atoms with Crippen LogP contribution in [0.4, 0.5) is 4.39 Å². The first-order valence-electron chi connectivity index (χ1n) is 11.6. The minimum atomic E-state index is -3.91. The van der Waals surface area contributed by atoms with Crippen LogP contribution in [0.25, 0.3) is 6.08 Å². The molecule has 0 saturated heterocycles. The van der Waals surface area contributed by atoms with Crippen LogP contribution in [0.5, 0.6) is 5.75 Å². The Kier molecular flexibility index (Phi) is 7.09. The average Bonchev–Trinajstić information content (AvgIpc) is 3.61. The number of halogens is 1. The second-order valence-corrected chi connectivity index (χ2v) is 10.7. The quantitative estimate of drug-likeness (QED) is 0.385. The molecule has 0 bridgehead atoms. The number of sulfone groups is 1. The summed E-state index contributed by atoms with van der Waals surface area (Å²) in [6, 6.07) is 7.16. The fourth-order valence-corrected chi connectivity index (χ4v) is 6.13. The van der Waals surface area contributed by atoms with Gasteiger partial charge in [0.1, 0.15) is 17.1 Å². The van der Waals surface area contributed by atoms with E-state index >= 15 is 0 Å². The molecule has 1 fully saturated rings. The lowest BCUT2D eigenvalue weighted by Crippen LogP contribution is -2.22. The van der Waals surface area contributed by atoms with Gasteiger partial charge in [0.2, 0.25) is 0 Å². The van der Waals surface area contributed by atoms with Crippen LogP contribution in [0.15, 0.2) is 41.3 Å². The van der Waals surface area contributed by atoms with Gasteiger partial charge in [0.15, 0.2) is 9.84 Å². The number of hydrogen-bond donors (Lipinski definition) is 0. The molecule has 1 aliphatic heterocycles. The second kappa shape index (κ2) is 9.88. The Bertz CT molecular complexity index is 1220. The van der Waals surface area contributed by atoms with Crippen LogP contribution < -0.4 is 4.74 Å². The SMILES string of the molecule is CCN(CC)CC=Cc1cc(F)ccc1S(=O)(=O)Cc1ccc2c(c1C(=O)OC)OCC1CC21. The first-order chi connectivity index (χ1) is 16.3. The number of esters is 1. The van der Waals surface area contributed by atoms with Crippen molar-refractivity contribution in [1.29, 1.82) is 0 Å². The third-order valence-electron chi connectivity index (χ3n) is 6.64. The van der Waals surface area contributed by atoms with E-state index in [-0.39, 0.29) is 16.0 Å². The topological polar surface area (TPSA) is 72.9 Å². The van der Waals surface area contributed by atoms with Crippen LogP contribution in [-0.4, -0.2) is 52.6 Å². The van der Waals surface area contributed by atoms with Gasteiger partial charge in [-0.2, -0.15) is 0 Å². The monoisotopic (exact) mass is 487 g/mol. The maximum atomic E-state index is 14.0. The number of likely N-dealkylation sites (N-methyl/N-ethyl adjacent to an activating group) is 1. The molecule has 2 aromatic rings. The predicted octanol–water partition coefficient (Wildman–Crippen LogP) is 4.44. The van der Waals surface area contributed by atoms with Gasteiger partial charge in [0.25, 0.3) is 0 Å². The Labute approximate surface area is 200 Å². The summed E-state index contributed by atoms with van der Waals surface area (Å²) in [5.74, 6) is -0.339. The number of methoxy groups -OCH3 is 1. The van der Waals surface area contributed by atoms with Crippen molar-refractivity contribution in [3.63, 3.8) is 0 Å². The lowest BCUT2D eigenvalue weighted by molar-refractivity contribution is 0.0594. The molecule has 2 atom stereocenters. The zero-order chi connectivity index (χ0) is 24.5. The fourth-order valence-electron chi connectivity index (χ4n) is 4.56. The van der Waals surface area contributed by atoms with Gasteiger partial charge in [-0.25, -0.2) is 17.6 Å². The van der Waals surface area contributed by atoms with E-state index in [2.05, 4.69) is 4.90 Å². The molecule has 4 rings (SSSR count). The Morgan fingerprint density at radius 1 is 1.24 bits per heavy atom. The molecule has 0 aromatic heterocycles. The van der Waals surface area contributed by atoms with Gasteiger partial charge in [-0.15, -0.1) is 0 Å². The van der Waals surface area contributed by atoms with E-state index in [0.717, 1.165) is 31.1 Å². The van der Waals surface area contributed by atoms with Crippen LogP contribution in [0.2, 0.25) is 0 Å². The minimum absolute atomic E-state index is 0.0152. The van der Waals surface area contributed by atoms with Gasteiger partial charge in [-0.1, -0.05) is 38.1 Å². The van der Waals surface area contributed by atoms with E-state index < -0.39 is 27.4 Å². The third-order valence-corrected chi connectivity index (χ3v) is 8.37. The highest BCUT2D eigenvalue weighted by Crippen LogP contribution is 2.55. The first-order valence-corrected chi connectivity index (χ1v) is 13.2. The molecule has 2 aliphatic rings. The Balaban J connectivity index is 1.69. The molecular weight excluding hydrogens is 457 g/mol. The van der Waals surface area contributed by atoms with Crippen LogP contribution in [0.1, 0.15) is 53.2 Å². The summed E-state index contributed by atoms with van der Waals surface area (Å²) in [7, 11) is -2.65. The lowest BCUT2D eigenvalue weighted by atomic mass is 9.98. The fraction of sp³-hybridized carbons (Fsp3) is 0.423. The van der Waals surface area contributed by atoms with Gasteiger partial charge < -0.3 is 14.4 Å². The van der Waals surface area contributed by atoms with E-state index in [9.17, 15) is 17.6 Å². The van der Waals surface area contributed by atoms with Crippen LogP contribution in [0, 0.1) is 11.7 Å². The smallest absolute Gasteiger partial charge is 0.341 e. The molecule has 2 unspecified atom stereocenters. The third kappa shape index (κ3) is 4.88. The molecule has 0 spiro atoms. The predicted molar refractivity (Wildman–Crippen MR) is 128 cm³/mol. The number of hydrogen-bond acceptors (Lipinski definition) is 6. The van der Waals surface area contributed by atoms with Crippen molar-refractivity contribution in [2.45, 2.75) is 36.8 Å². The number of rotatable bonds is 9. The zero-order valence-electron chi connectivity index (χ0n) is 19.7. The summed E-state index contributed by atoms with van der Waals surface area (Å²) >= 11 is 0. The number of nitrogens with zero attached hydrogens (tertiary/aromatic N) is 1. The Morgan fingerprint density at radius 2 is 2.00 bits per heavy atom. The molecule has 34 heavy (non-hydrogen) atoms. The summed E-state index contributed by atoms with van der Waals surface area (Å²) < 4.78 is 51.8. The van der Waals surface area contributed by atoms with Crippen molar-refractivity contribution in [1.82, 2.24) is 4.90 Å². The summed E-state index contributed by atoms with van der Waals surface area (Å²) in [6.45, 7) is 6.93. The summed E-state index contributed by atoms with van der Waals surface area (Å²) in [6.07, 6.45) is 4.47. The van der Waals surface area contributed by atoms with E-state index in [0.29, 0.717) is 36.3 Å². The molecule has 8 heteroatoms. The van der Waals surface area contributed by atoms with Crippen molar-refractivity contribution in [2.75, 3.05) is 33.4 Å². The molecule has 0 N–H and O–H groups in total.